The molecule has 0 atom stereocenters. The fraction of sp³-hybridized carbons (Fsp3) is 0.222. The number of nitrogens with zero attached hydrogens (tertiary/aromatic N) is 2. The third-order valence-corrected chi connectivity index (χ3v) is 1.66. The Hall–Kier alpha value is -2.29. The Morgan fingerprint density at radius 1 is 1.60 bits per heavy atom. The summed E-state index contributed by atoms with van der Waals surface area (Å²) in [6.07, 6.45) is 0. The zero-order chi connectivity index (χ0) is 11.3. The number of nitro benzene ring substituents is 1. The van der Waals surface area contributed by atoms with E-state index in [9.17, 15) is 10.1 Å². The summed E-state index contributed by atoms with van der Waals surface area (Å²) in [5.41, 5.74) is -0.189. The van der Waals surface area contributed by atoms with Gasteiger partial charge in [0.15, 0.2) is 6.61 Å². The third kappa shape index (κ3) is 2.57. The van der Waals surface area contributed by atoms with Crippen molar-refractivity contribution in [2.75, 3.05) is 13.7 Å². The van der Waals surface area contributed by atoms with E-state index in [0.717, 1.165) is 0 Å². The van der Waals surface area contributed by atoms with Crippen molar-refractivity contribution in [3.63, 3.8) is 0 Å². The van der Waals surface area contributed by atoms with E-state index in [1.54, 1.807) is 6.07 Å². The molecule has 0 aliphatic carbocycles. The molecule has 0 amide bonds. The molecule has 0 radical (unpaired) electrons. The Kier molecular flexibility index (Phi) is 3.46. The van der Waals surface area contributed by atoms with Gasteiger partial charge in [-0.25, -0.2) is 0 Å². The molecule has 1 aromatic rings. The topological polar surface area (TPSA) is 85.4 Å². The number of methoxy groups -OCH3 is 1. The number of hydrogen-bond donors (Lipinski definition) is 0. The van der Waals surface area contributed by atoms with Crippen LogP contribution in [0.25, 0.3) is 0 Å². The van der Waals surface area contributed by atoms with Gasteiger partial charge in [0.25, 0.3) is 0 Å². The van der Waals surface area contributed by atoms with Gasteiger partial charge in [-0.15, -0.1) is 0 Å². The minimum Gasteiger partial charge on any atom is -0.497 e. The Balaban J connectivity index is 3.06. The highest BCUT2D eigenvalue weighted by Crippen LogP contribution is 2.30. The molecule has 15 heavy (non-hydrogen) atoms. The average Bonchev–Trinajstić information content (AvgIpc) is 2.25. The zero-order valence-corrected chi connectivity index (χ0v) is 7.97. The zero-order valence-electron chi connectivity index (χ0n) is 7.97. The van der Waals surface area contributed by atoms with Crippen LogP contribution in [0, 0.1) is 21.4 Å². The predicted molar refractivity (Wildman–Crippen MR) is 50.8 cm³/mol. The van der Waals surface area contributed by atoms with Crippen molar-refractivity contribution in [3.05, 3.63) is 28.3 Å². The maximum absolute atomic E-state index is 10.6. The monoisotopic (exact) mass is 208 g/mol. The highest BCUT2D eigenvalue weighted by molar-refractivity contribution is 5.50. The van der Waals surface area contributed by atoms with Gasteiger partial charge in [-0.05, 0) is 6.07 Å². The van der Waals surface area contributed by atoms with Gasteiger partial charge in [-0.1, -0.05) is 0 Å². The summed E-state index contributed by atoms with van der Waals surface area (Å²) in [4.78, 5) is 10.0. The van der Waals surface area contributed by atoms with Crippen LogP contribution in [-0.4, -0.2) is 18.6 Å². The van der Waals surface area contributed by atoms with Gasteiger partial charge in [-0.2, -0.15) is 5.26 Å². The van der Waals surface area contributed by atoms with Crippen molar-refractivity contribution in [3.8, 4) is 17.6 Å². The Bertz CT molecular complexity index is 411. The van der Waals surface area contributed by atoms with Crippen LogP contribution >= 0.6 is 0 Å². The normalized spacial score (nSPS) is 9.07. The molecule has 0 heterocycles. The molecule has 0 fully saturated rings. The van der Waals surface area contributed by atoms with Crippen LogP contribution in [0.15, 0.2) is 18.2 Å². The van der Waals surface area contributed by atoms with Gasteiger partial charge < -0.3 is 9.47 Å². The van der Waals surface area contributed by atoms with Gasteiger partial charge in [-0.3, -0.25) is 10.1 Å². The second-order valence-corrected chi connectivity index (χ2v) is 2.54. The number of ether oxygens (including phenoxy) is 2. The van der Waals surface area contributed by atoms with E-state index >= 15 is 0 Å². The lowest BCUT2D eigenvalue weighted by Crippen LogP contribution is -1.99. The summed E-state index contributed by atoms with van der Waals surface area (Å²) in [5, 5.41) is 18.9. The van der Waals surface area contributed by atoms with Crippen LogP contribution in [0.2, 0.25) is 0 Å². The second-order valence-electron chi connectivity index (χ2n) is 2.54. The summed E-state index contributed by atoms with van der Waals surface area (Å²) >= 11 is 0. The molecule has 0 aromatic heterocycles. The van der Waals surface area contributed by atoms with Crippen molar-refractivity contribution in [2.45, 2.75) is 0 Å². The molecule has 0 aliphatic rings. The first-order chi connectivity index (χ1) is 7.19. The maximum Gasteiger partial charge on any atom is 0.311 e. The minimum absolute atomic E-state index is 0.0286. The lowest BCUT2D eigenvalue weighted by molar-refractivity contribution is -0.385. The summed E-state index contributed by atoms with van der Waals surface area (Å²) in [6.45, 7) is -0.242. The number of nitriles is 1. The molecule has 6 nitrogen and oxygen atoms in total. The van der Waals surface area contributed by atoms with E-state index in [4.69, 9.17) is 14.7 Å². The highest BCUT2D eigenvalue weighted by Gasteiger charge is 2.15. The molecule has 0 spiro atoms. The van der Waals surface area contributed by atoms with Crippen molar-refractivity contribution < 1.29 is 14.4 Å². The molecule has 6 heteroatoms. The van der Waals surface area contributed by atoms with Crippen LogP contribution < -0.4 is 9.47 Å². The number of hydrogen-bond acceptors (Lipinski definition) is 5. The highest BCUT2D eigenvalue weighted by atomic mass is 16.6. The van der Waals surface area contributed by atoms with Gasteiger partial charge in [0, 0.05) is 12.1 Å². The summed E-state index contributed by atoms with van der Waals surface area (Å²) in [7, 11) is 1.44. The number of rotatable bonds is 4. The Morgan fingerprint density at radius 3 is 2.87 bits per heavy atom. The first-order valence-corrected chi connectivity index (χ1v) is 4.01. The average molecular weight is 208 g/mol. The van der Waals surface area contributed by atoms with Crippen LogP contribution in [0.5, 0.6) is 11.5 Å². The van der Waals surface area contributed by atoms with Crippen molar-refractivity contribution >= 4 is 5.69 Å². The maximum atomic E-state index is 10.6. The standard InChI is InChI=1S/C9H8N2O4/c1-14-7-2-3-8(11(12)13)9(6-7)15-5-4-10/h2-3,6H,5H2,1H3. The summed E-state index contributed by atoms with van der Waals surface area (Å²) < 4.78 is 9.79. The van der Waals surface area contributed by atoms with E-state index in [1.165, 1.54) is 25.3 Å². The lowest BCUT2D eigenvalue weighted by atomic mass is 10.3. The molecule has 78 valence electrons. The number of benzene rings is 1. The fourth-order valence-corrected chi connectivity index (χ4v) is 0.998. The van der Waals surface area contributed by atoms with Gasteiger partial charge in [0.1, 0.15) is 11.8 Å². The predicted octanol–water partition coefficient (Wildman–Crippen LogP) is 1.51. The molecule has 1 rings (SSSR count). The van der Waals surface area contributed by atoms with Crippen molar-refractivity contribution in [1.82, 2.24) is 0 Å². The molecule has 1 aromatic carbocycles. The number of nitro groups is 1. The minimum atomic E-state index is -0.577. The Morgan fingerprint density at radius 2 is 2.33 bits per heavy atom. The van der Waals surface area contributed by atoms with Crippen molar-refractivity contribution in [2.24, 2.45) is 0 Å². The van der Waals surface area contributed by atoms with Gasteiger partial charge >= 0.3 is 5.69 Å². The summed E-state index contributed by atoms with van der Waals surface area (Å²) in [6, 6.07) is 5.83. The quantitative estimate of drug-likeness (QED) is 0.552. The third-order valence-electron chi connectivity index (χ3n) is 1.66. The van der Waals surface area contributed by atoms with Crippen LogP contribution in [-0.2, 0) is 0 Å². The van der Waals surface area contributed by atoms with E-state index in [1.807, 2.05) is 0 Å². The van der Waals surface area contributed by atoms with Gasteiger partial charge in [0.05, 0.1) is 12.0 Å². The molecule has 0 unspecified atom stereocenters. The van der Waals surface area contributed by atoms with Gasteiger partial charge in [0.2, 0.25) is 5.75 Å². The second kappa shape index (κ2) is 4.81. The van der Waals surface area contributed by atoms with Crippen LogP contribution in [0.4, 0.5) is 5.69 Å². The molecule has 0 N–H and O–H groups in total. The largest absolute Gasteiger partial charge is 0.497 e. The van der Waals surface area contributed by atoms with Crippen LogP contribution in [0.3, 0.4) is 0 Å². The fourth-order valence-electron chi connectivity index (χ4n) is 0.998. The SMILES string of the molecule is COc1ccc([N+](=O)[O-])c(OCC#N)c1. The molecule has 0 saturated carbocycles. The van der Waals surface area contributed by atoms with E-state index in [0.29, 0.717) is 5.75 Å². The Labute approximate surface area is 85.8 Å². The van der Waals surface area contributed by atoms with E-state index in [2.05, 4.69) is 0 Å². The molecule has 0 aliphatic heterocycles. The first-order valence-electron chi connectivity index (χ1n) is 4.01. The van der Waals surface area contributed by atoms with Crippen LogP contribution in [0.1, 0.15) is 0 Å². The molecular weight excluding hydrogens is 200 g/mol. The van der Waals surface area contributed by atoms with E-state index < -0.39 is 4.92 Å². The molecule has 0 saturated heterocycles. The smallest absolute Gasteiger partial charge is 0.311 e. The molecule has 0 bridgehead atoms. The van der Waals surface area contributed by atoms with E-state index in [-0.39, 0.29) is 18.0 Å². The lowest BCUT2D eigenvalue weighted by Gasteiger charge is -2.04. The first kappa shape index (κ1) is 10.8. The van der Waals surface area contributed by atoms with Crippen molar-refractivity contribution in [1.29, 1.82) is 5.26 Å². The molecular formula is C9H8N2O4. The summed E-state index contributed by atoms with van der Waals surface area (Å²) in [5.74, 6) is 0.467.